The maximum absolute atomic E-state index is 7.81. The lowest BCUT2D eigenvalue weighted by atomic mass is 10.1. The Morgan fingerprint density at radius 2 is 2.20 bits per heavy atom. The number of nitrogens with one attached hydrogen (secondary N) is 1. The Kier molecular flexibility index (Phi) is 4.89. The Bertz CT molecular complexity index is 489. The van der Waals surface area contributed by atoms with Gasteiger partial charge >= 0.3 is 0 Å². The van der Waals surface area contributed by atoms with Crippen molar-refractivity contribution in [1.82, 2.24) is 4.90 Å². The van der Waals surface area contributed by atoms with E-state index in [2.05, 4.69) is 23.8 Å². The minimum atomic E-state index is 0.0399. The molecule has 1 aromatic carbocycles. The number of nitrogens with two attached hydrogens (primary N) is 1. The Morgan fingerprint density at radius 1 is 1.45 bits per heavy atom. The molecule has 1 saturated heterocycles. The molecule has 1 unspecified atom stereocenters. The predicted molar refractivity (Wildman–Crippen MR) is 86.0 cm³/mol. The summed E-state index contributed by atoms with van der Waals surface area (Å²) in [6.45, 7) is 5.31. The van der Waals surface area contributed by atoms with Crippen LogP contribution in [-0.4, -0.2) is 43.5 Å². The summed E-state index contributed by atoms with van der Waals surface area (Å²) in [6, 6.07) is 6.19. The van der Waals surface area contributed by atoms with Crippen LogP contribution in [0.25, 0.3) is 0 Å². The van der Waals surface area contributed by atoms with Crippen molar-refractivity contribution < 1.29 is 0 Å². The van der Waals surface area contributed by atoms with Crippen LogP contribution in [-0.2, 0) is 0 Å². The summed E-state index contributed by atoms with van der Waals surface area (Å²) in [7, 11) is 2.16. The zero-order valence-electron chi connectivity index (χ0n) is 12.2. The van der Waals surface area contributed by atoms with Crippen molar-refractivity contribution in [3.8, 4) is 0 Å². The van der Waals surface area contributed by atoms with Gasteiger partial charge in [0, 0.05) is 24.8 Å². The number of anilines is 1. The van der Waals surface area contributed by atoms with Crippen LogP contribution < -0.4 is 10.6 Å². The summed E-state index contributed by atoms with van der Waals surface area (Å²) in [5, 5.41) is 8.37. The van der Waals surface area contributed by atoms with Gasteiger partial charge in [-0.25, -0.2) is 0 Å². The van der Waals surface area contributed by atoms with E-state index in [0.29, 0.717) is 16.6 Å². The van der Waals surface area contributed by atoms with Crippen molar-refractivity contribution in [2.24, 2.45) is 5.73 Å². The molecular weight excluding hydrogens is 272 g/mol. The van der Waals surface area contributed by atoms with Gasteiger partial charge in [-0.1, -0.05) is 24.6 Å². The van der Waals surface area contributed by atoms with Crippen LogP contribution in [0.3, 0.4) is 0 Å². The first-order valence-electron chi connectivity index (χ1n) is 7.12. The van der Waals surface area contributed by atoms with Crippen LogP contribution in [0.1, 0.15) is 25.3 Å². The SMILES string of the molecule is CCC1CN(C)CCCN1c1cccc(Cl)c1C(=N)N. The van der Waals surface area contributed by atoms with E-state index < -0.39 is 0 Å². The monoisotopic (exact) mass is 294 g/mol. The van der Waals surface area contributed by atoms with Crippen LogP contribution >= 0.6 is 11.6 Å². The molecule has 0 saturated carbocycles. The van der Waals surface area contributed by atoms with Crippen molar-refractivity contribution in [2.45, 2.75) is 25.8 Å². The number of benzene rings is 1. The first kappa shape index (κ1) is 15.1. The lowest BCUT2D eigenvalue weighted by molar-refractivity contribution is 0.328. The lowest BCUT2D eigenvalue weighted by Gasteiger charge is -2.33. The normalized spacial score (nSPS) is 20.8. The third-order valence-electron chi connectivity index (χ3n) is 3.94. The average Bonchev–Trinajstić information content (AvgIpc) is 2.59. The molecule has 0 bridgehead atoms. The summed E-state index contributed by atoms with van der Waals surface area (Å²) in [4.78, 5) is 4.73. The van der Waals surface area contributed by atoms with E-state index in [1.165, 1.54) is 0 Å². The van der Waals surface area contributed by atoms with Gasteiger partial charge in [0.25, 0.3) is 0 Å². The van der Waals surface area contributed by atoms with Gasteiger partial charge in [-0.05, 0) is 38.6 Å². The highest BCUT2D eigenvalue weighted by Crippen LogP contribution is 2.30. The third-order valence-corrected chi connectivity index (χ3v) is 4.26. The molecule has 2 rings (SSSR count). The molecule has 1 aliphatic rings. The first-order chi connectivity index (χ1) is 9.54. The third kappa shape index (κ3) is 3.07. The number of likely N-dealkylation sites (N-methyl/N-ethyl adjacent to an activating group) is 1. The van der Waals surface area contributed by atoms with Gasteiger partial charge in [0.2, 0.25) is 0 Å². The number of rotatable bonds is 3. The molecule has 110 valence electrons. The van der Waals surface area contributed by atoms with Gasteiger partial charge < -0.3 is 15.5 Å². The van der Waals surface area contributed by atoms with E-state index in [9.17, 15) is 0 Å². The van der Waals surface area contributed by atoms with Crippen molar-refractivity contribution in [3.63, 3.8) is 0 Å². The topological polar surface area (TPSA) is 56.4 Å². The quantitative estimate of drug-likeness (QED) is 0.665. The summed E-state index contributed by atoms with van der Waals surface area (Å²) in [5.74, 6) is 0.0399. The molecular formula is C15H23ClN4. The summed E-state index contributed by atoms with van der Waals surface area (Å²) in [5.41, 5.74) is 7.39. The van der Waals surface area contributed by atoms with E-state index in [1.54, 1.807) is 6.07 Å². The van der Waals surface area contributed by atoms with Gasteiger partial charge in [0.15, 0.2) is 0 Å². The standard InChI is InChI=1S/C15H23ClN4/c1-3-11-10-19(2)8-5-9-20(11)13-7-4-6-12(16)14(13)15(17)18/h4,6-7,11H,3,5,8-10H2,1-2H3,(H3,17,18). The van der Waals surface area contributed by atoms with Gasteiger partial charge in [-0.15, -0.1) is 0 Å². The Hall–Kier alpha value is -1.26. The molecule has 0 spiro atoms. The van der Waals surface area contributed by atoms with E-state index in [4.69, 9.17) is 22.7 Å². The highest BCUT2D eigenvalue weighted by atomic mass is 35.5. The largest absolute Gasteiger partial charge is 0.384 e. The van der Waals surface area contributed by atoms with Crippen molar-refractivity contribution in [1.29, 1.82) is 5.41 Å². The van der Waals surface area contributed by atoms with Crippen LogP contribution in [0.4, 0.5) is 5.69 Å². The molecule has 1 heterocycles. The maximum atomic E-state index is 7.81. The predicted octanol–water partition coefficient (Wildman–Crippen LogP) is 2.54. The highest BCUT2D eigenvalue weighted by molar-refractivity contribution is 6.34. The number of halogens is 1. The molecule has 0 radical (unpaired) electrons. The second-order valence-corrected chi connectivity index (χ2v) is 5.83. The fourth-order valence-electron chi connectivity index (χ4n) is 2.93. The second kappa shape index (κ2) is 6.46. The Morgan fingerprint density at radius 3 is 2.85 bits per heavy atom. The minimum Gasteiger partial charge on any atom is -0.384 e. The van der Waals surface area contributed by atoms with Gasteiger partial charge in [0.1, 0.15) is 5.84 Å². The molecule has 0 aromatic heterocycles. The number of nitrogens with zero attached hydrogens (tertiary/aromatic N) is 2. The molecule has 20 heavy (non-hydrogen) atoms. The summed E-state index contributed by atoms with van der Waals surface area (Å²) < 4.78 is 0. The molecule has 3 N–H and O–H groups in total. The zero-order chi connectivity index (χ0) is 14.7. The molecule has 1 atom stereocenters. The van der Waals surface area contributed by atoms with E-state index in [-0.39, 0.29) is 5.84 Å². The van der Waals surface area contributed by atoms with Gasteiger partial charge in [-0.2, -0.15) is 0 Å². The number of hydrogen-bond acceptors (Lipinski definition) is 3. The van der Waals surface area contributed by atoms with Gasteiger partial charge in [-0.3, -0.25) is 5.41 Å². The summed E-state index contributed by atoms with van der Waals surface area (Å²) >= 11 is 6.25. The second-order valence-electron chi connectivity index (χ2n) is 5.42. The van der Waals surface area contributed by atoms with Crippen LogP contribution in [0, 0.1) is 5.41 Å². The number of hydrogen-bond donors (Lipinski definition) is 2. The van der Waals surface area contributed by atoms with Crippen molar-refractivity contribution >= 4 is 23.1 Å². The van der Waals surface area contributed by atoms with E-state index in [1.807, 2.05) is 12.1 Å². The molecule has 5 heteroatoms. The fraction of sp³-hybridized carbons (Fsp3) is 0.533. The molecule has 1 aromatic rings. The maximum Gasteiger partial charge on any atom is 0.126 e. The van der Waals surface area contributed by atoms with Gasteiger partial charge in [0.05, 0.1) is 10.6 Å². The average molecular weight is 295 g/mol. The van der Waals surface area contributed by atoms with Crippen LogP contribution in [0.5, 0.6) is 0 Å². The molecule has 0 amide bonds. The Labute approximate surface area is 126 Å². The smallest absolute Gasteiger partial charge is 0.126 e. The lowest BCUT2D eigenvalue weighted by Crippen LogP contribution is -2.40. The molecule has 1 fully saturated rings. The minimum absolute atomic E-state index is 0.0399. The molecule has 0 aliphatic carbocycles. The number of nitrogen functional groups attached to an aromatic ring is 1. The Balaban J connectivity index is 2.43. The first-order valence-corrected chi connectivity index (χ1v) is 7.50. The zero-order valence-corrected chi connectivity index (χ0v) is 13.0. The number of amidine groups is 1. The molecule has 4 nitrogen and oxygen atoms in total. The van der Waals surface area contributed by atoms with E-state index >= 15 is 0 Å². The fourth-order valence-corrected chi connectivity index (χ4v) is 3.20. The van der Waals surface area contributed by atoms with E-state index in [0.717, 1.165) is 38.2 Å². The highest BCUT2D eigenvalue weighted by Gasteiger charge is 2.25. The molecule has 1 aliphatic heterocycles. The summed E-state index contributed by atoms with van der Waals surface area (Å²) in [6.07, 6.45) is 2.17. The van der Waals surface area contributed by atoms with Crippen LogP contribution in [0.2, 0.25) is 5.02 Å². The van der Waals surface area contributed by atoms with Crippen molar-refractivity contribution in [3.05, 3.63) is 28.8 Å². The van der Waals surface area contributed by atoms with Crippen molar-refractivity contribution in [2.75, 3.05) is 31.6 Å². The van der Waals surface area contributed by atoms with Crippen LogP contribution in [0.15, 0.2) is 18.2 Å².